The number of anilines is 1. The predicted octanol–water partition coefficient (Wildman–Crippen LogP) is 4.81. The molecule has 4 heterocycles. The lowest BCUT2D eigenvalue weighted by atomic mass is 10.2. The molecule has 4 aromatic heterocycles. The first-order valence-corrected chi connectivity index (χ1v) is 11.9. The van der Waals surface area contributed by atoms with E-state index in [-0.39, 0.29) is 0 Å². The average molecular weight is 502 g/mol. The molecule has 0 atom stereocenters. The second-order valence-electron chi connectivity index (χ2n) is 7.37. The molecule has 0 fully saturated rings. The Hall–Kier alpha value is -4.38. The number of rotatable bonds is 9. The third-order valence-corrected chi connectivity index (χ3v) is 5.98. The van der Waals surface area contributed by atoms with Gasteiger partial charge in [-0.25, -0.2) is 19.9 Å². The predicted molar refractivity (Wildman–Crippen MR) is 138 cm³/mol. The Labute approximate surface area is 211 Å². The van der Waals surface area contributed by atoms with Crippen molar-refractivity contribution in [2.24, 2.45) is 0 Å². The molecule has 0 aliphatic carbocycles. The number of para-hydroxylation sites is 1. The maximum atomic E-state index is 5.70. The van der Waals surface area contributed by atoms with Gasteiger partial charge in [-0.2, -0.15) is 0 Å². The van der Waals surface area contributed by atoms with Gasteiger partial charge in [0, 0.05) is 23.4 Å². The minimum atomic E-state index is 0.445. The molecule has 1 aromatic carbocycles. The van der Waals surface area contributed by atoms with Gasteiger partial charge < -0.3 is 18.9 Å². The van der Waals surface area contributed by atoms with Crippen molar-refractivity contribution in [2.75, 3.05) is 25.5 Å². The maximum absolute atomic E-state index is 5.70. The van der Waals surface area contributed by atoms with Crippen molar-refractivity contribution >= 4 is 29.1 Å². The fraction of sp³-hybridized carbons (Fsp3) is 0.160. The molecular formula is C25H23N7O3S. The molecule has 0 aliphatic rings. The molecule has 5 rings (SSSR count). The third kappa shape index (κ3) is 4.60. The molecule has 0 saturated heterocycles. The number of methoxy groups -OCH3 is 2. The fourth-order valence-electron chi connectivity index (χ4n) is 3.62. The average Bonchev–Trinajstić information content (AvgIpc) is 3.30. The number of benzene rings is 1. The normalized spacial score (nSPS) is 10.9. The Bertz CT molecular complexity index is 1470. The second-order valence-corrected chi connectivity index (χ2v) is 8.25. The molecule has 0 spiro atoms. The summed E-state index contributed by atoms with van der Waals surface area (Å²) in [6, 6.07) is 14.9. The van der Waals surface area contributed by atoms with E-state index in [4.69, 9.17) is 24.2 Å². The molecule has 11 heteroatoms. The molecule has 0 radical (unpaired) electrons. The summed E-state index contributed by atoms with van der Waals surface area (Å²) in [6.45, 7) is 2.41. The number of hydrogen-bond donors (Lipinski definition) is 1. The largest absolute Gasteiger partial charge is 0.494 e. The van der Waals surface area contributed by atoms with Crippen LogP contribution in [0.2, 0.25) is 0 Å². The van der Waals surface area contributed by atoms with Crippen LogP contribution in [0.3, 0.4) is 0 Å². The van der Waals surface area contributed by atoms with Gasteiger partial charge in [0.25, 0.3) is 0 Å². The number of nitrogens with one attached hydrogen (secondary N) is 1. The summed E-state index contributed by atoms with van der Waals surface area (Å²) >= 11 is 1.41. The van der Waals surface area contributed by atoms with E-state index in [0.717, 1.165) is 4.90 Å². The summed E-state index contributed by atoms with van der Waals surface area (Å²) in [5.74, 6) is 2.75. The van der Waals surface area contributed by atoms with Crippen LogP contribution in [0.25, 0.3) is 28.5 Å². The van der Waals surface area contributed by atoms with Crippen LogP contribution in [0.5, 0.6) is 17.4 Å². The molecule has 0 aliphatic heterocycles. The lowest BCUT2D eigenvalue weighted by molar-refractivity contribution is 0.327. The number of nitrogens with zero attached hydrogens (tertiary/aromatic N) is 6. The Morgan fingerprint density at radius 1 is 0.917 bits per heavy atom. The Morgan fingerprint density at radius 2 is 1.67 bits per heavy atom. The maximum Gasteiger partial charge on any atom is 0.213 e. The highest BCUT2D eigenvalue weighted by Crippen LogP contribution is 2.38. The molecule has 36 heavy (non-hydrogen) atoms. The van der Waals surface area contributed by atoms with Crippen molar-refractivity contribution in [3.63, 3.8) is 0 Å². The van der Waals surface area contributed by atoms with Crippen molar-refractivity contribution < 1.29 is 14.2 Å². The van der Waals surface area contributed by atoms with E-state index in [1.54, 1.807) is 38.9 Å². The van der Waals surface area contributed by atoms with Crippen LogP contribution in [-0.4, -0.2) is 50.3 Å². The topological polar surface area (TPSA) is 109 Å². The van der Waals surface area contributed by atoms with Crippen LogP contribution < -0.4 is 18.9 Å². The third-order valence-electron chi connectivity index (χ3n) is 5.16. The van der Waals surface area contributed by atoms with Crippen molar-refractivity contribution in [1.29, 1.82) is 0 Å². The molecule has 0 saturated carbocycles. The van der Waals surface area contributed by atoms with Crippen molar-refractivity contribution in [3.8, 4) is 34.6 Å². The van der Waals surface area contributed by atoms with Gasteiger partial charge in [-0.3, -0.25) is 9.55 Å². The first kappa shape index (κ1) is 23.4. The minimum Gasteiger partial charge on any atom is -0.494 e. The van der Waals surface area contributed by atoms with Crippen LogP contribution in [0.15, 0.2) is 72.0 Å². The van der Waals surface area contributed by atoms with E-state index >= 15 is 0 Å². The van der Waals surface area contributed by atoms with Crippen molar-refractivity contribution in [1.82, 2.24) is 29.5 Å². The van der Waals surface area contributed by atoms with E-state index < -0.39 is 0 Å². The monoisotopic (exact) mass is 501 g/mol. The lowest BCUT2D eigenvalue weighted by Gasteiger charge is -2.16. The minimum absolute atomic E-state index is 0.445. The number of aromatic nitrogens is 6. The number of imidazole rings is 1. The van der Waals surface area contributed by atoms with Gasteiger partial charge in [-0.15, -0.1) is 0 Å². The summed E-state index contributed by atoms with van der Waals surface area (Å²) in [6.07, 6.45) is 5.11. The molecule has 0 unspecified atom stereocenters. The van der Waals surface area contributed by atoms with Crippen molar-refractivity contribution in [3.05, 3.63) is 67.1 Å². The Morgan fingerprint density at radius 3 is 2.39 bits per heavy atom. The van der Waals surface area contributed by atoms with Gasteiger partial charge in [0.15, 0.2) is 22.9 Å². The Kier molecular flexibility index (Phi) is 6.80. The second kappa shape index (κ2) is 10.5. The number of hydrogen-bond acceptors (Lipinski definition) is 10. The van der Waals surface area contributed by atoms with E-state index in [2.05, 4.69) is 19.7 Å². The summed E-state index contributed by atoms with van der Waals surface area (Å²) in [4.78, 5) is 23.9. The molecule has 5 aromatic rings. The van der Waals surface area contributed by atoms with Gasteiger partial charge in [-0.05, 0) is 49.2 Å². The van der Waals surface area contributed by atoms with Gasteiger partial charge in [0.2, 0.25) is 5.88 Å². The van der Waals surface area contributed by atoms with E-state index in [0.29, 0.717) is 58.3 Å². The SMILES string of the molecule is CCOc1cccc(-c2nc3ncc(NSc4ccncc4)nc3n2-c2c(OC)cccc2OC)n1. The highest BCUT2D eigenvalue weighted by molar-refractivity contribution is 8.00. The van der Waals surface area contributed by atoms with Crippen LogP contribution >= 0.6 is 11.9 Å². The molecule has 0 amide bonds. The van der Waals surface area contributed by atoms with E-state index in [1.807, 2.05) is 54.0 Å². The standard InChI is InChI=1S/C25H23N7O3S/c1-4-35-21-10-5-7-17(28-21)24-30-23-25(32(24)22-18(33-2)8-6-9-19(22)34-3)29-20(15-27-23)31-36-16-11-13-26-14-12-16/h5-15H,4H2,1-3H3,(H,29,31). The van der Waals surface area contributed by atoms with E-state index in [9.17, 15) is 0 Å². The molecular weight excluding hydrogens is 478 g/mol. The van der Waals surface area contributed by atoms with Gasteiger partial charge in [0.05, 0.1) is 27.0 Å². The number of pyridine rings is 2. The highest BCUT2D eigenvalue weighted by atomic mass is 32.2. The highest BCUT2D eigenvalue weighted by Gasteiger charge is 2.24. The van der Waals surface area contributed by atoms with E-state index in [1.165, 1.54) is 11.9 Å². The summed E-state index contributed by atoms with van der Waals surface area (Å²) in [5.41, 5.74) is 2.18. The molecule has 1 N–H and O–H groups in total. The molecule has 10 nitrogen and oxygen atoms in total. The molecule has 0 bridgehead atoms. The number of fused-ring (bicyclic) bond motifs is 1. The zero-order valence-corrected chi connectivity index (χ0v) is 20.7. The Balaban J connectivity index is 1.70. The number of ether oxygens (including phenoxy) is 3. The summed E-state index contributed by atoms with van der Waals surface area (Å²) in [7, 11) is 3.21. The fourth-order valence-corrected chi connectivity index (χ4v) is 4.20. The smallest absolute Gasteiger partial charge is 0.213 e. The van der Waals surface area contributed by atoms with Gasteiger partial charge >= 0.3 is 0 Å². The van der Waals surface area contributed by atoms with Crippen LogP contribution in [0, 0.1) is 0 Å². The van der Waals surface area contributed by atoms with Crippen LogP contribution in [0.4, 0.5) is 5.82 Å². The zero-order valence-electron chi connectivity index (χ0n) is 19.9. The van der Waals surface area contributed by atoms with Gasteiger partial charge in [0.1, 0.15) is 22.9 Å². The van der Waals surface area contributed by atoms with Crippen molar-refractivity contribution in [2.45, 2.75) is 11.8 Å². The molecule has 182 valence electrons. The zero-order chi connectivity index (χ0) is 24.9. The lowest BCUT2D eigenvalue weighted by Crippen LogP contribution is -2.06. The summed E-state index contributed by atoms with van der Waals surface area (Å²) < 4.78 is 22.1. The first-order chi connectivity index (χ1) is 17.7. The van der Waals surface area contributed by atoms with Crippen LogP contribution in [-0.2, 0) is 0 Å². The quantitative estimate of drug-likeness (QED) is 0.283. The summed E-state index contributed by atoms with van der Waals surface area (Å²) in [5, 5.41) is 0. The van der Waals surface area contributed by atoms with Crippen LogP contribution in [0.1, 0.15) is 6.92 Å². The van der Waals surface area contributed by atoms with Gasteiger partial charge in [-0.1, -0.05) is 12.1 Å². The first-order valence-electron chi connectivity index (χ1n) is 11.1.